The lowest BCUT2D eigenvalue weighted by Crippen LogP contribution is -2.57. The molecule has 3 aliphatic heterocycles. The quantitative estimate of drug-likeness (QED) is 0.889. The summed E-state index contributed by atoms with van der Waals surface area (Å²) >= 11 is 6.08. The van der Waals surface area contributed by atoms with Gasteiger partial charge in [-0.25, -0.2) is 4.98 Å². The number of hydrogen-bond donors (Lipinski definition) is 2. The first kappa shape index (κ1) is 13.6. The molecule has 2 N–H and O–H groups in total. The number of amides is 1. The van der Waals surface area contributed by atoms with Gasteiger partial charge in [-0.3, -0.25) is 4.79 Å². The average Bonchev–Trinajstić information content (AvgIpc) is 2.49. The number of pyridine rings is 1. The molecule has 1 aromatic rings. The van der Waals surface area contributed by atoms with E-state index in [-0.39, 0.29) is 11.9 Å². The van der Waals surface area contributed by atoms with Gasteiger partial charge in [0.25, 0.3) is 5.91 Å². The number of nitrogens with zero attached hydrogens (tertiary/aromatic N) is 2. The molecule has 0 spiro atoms. The zero-order valence-corrected chi connectivity index (χ0v) is 12.3. The van der Waals surface area contributed by atoms with Crippen molar-refractivity contribution in [2.45, 2.75) is 18.9 Å². The second-order valence-electron chi connectivity index (χ2n) is 5.52. The largest absolute Gasteiger partial charge is 0.373 e. The standard InChI is InChI=1S/C14H19ClN4O/c1-16-13-6-10(11(15)7-17-13)14(20)18-12-8-19-4-2-9(12)3-5-19/h6-7,9,12H,2-5,8H2,1H3,(H,16,17)(H,18,20). The number of fused-ring (bicyclic) bond motifs is 3. The summed E-state index contributed by atoms with van der Waals surface area (Å²) in [4.78, 5) is 18.9. The van der Waals surface area contributed by atoms with E-state index < -0.39 is 0 Å². The van der Waals surface area contributed by atoms with Crippen molar-refractivity contribution in [3.8, 4) is 0 Å². The Hall–Kier alpha value is -1.33. The zero-order valence-electron chi connectivity index (χ0n) is 11.5. The first-order valence-corrected chi connectivity index (χ1v) is 7.41. The third-order valence-electron chi connectivity index (χ3n) is 4.33. The molecule has 1 aromatic heterocycles. The van der Waals surface area contributed by atoms with Crippen LogP contribution in [0.25, 0.3) is 0 Å². The molecule has 20 heavy (non-hydrogen) atoms. The fraction of sp³-hybridized carbons (Fsp3) is 0.571. The van der Waals surface area contributed by atoms with Crippen molar-refractivity contribution in [2.24, 2.45) is 5.92 Å². The Morgan fingerprint density at radius 3 is 2.80 bits per heavy atom. The summed E-state index contributed by atoms with van der Waals surface area (Å²) < 4.78 is 0. The molecule has 3 saturated heterocycles. The predicted octanol–water partition coefficient (Wildman–Crippen LogP) is 1.60. The molecule has 1 atom stereocenters. The maximum Gasteiger partial charge on any atom is 0.253 e. The molecular weight excluding hydrogens is 276 g/mol. The molecular formula is C14H19ClN4O. The SMILES string of the molecule is CNc1cc(C(=O)NC2CN3CCC2CC3)c(Cl)cn1. The number of hydrogen-bond acceptors (Lipinski definition) is 4. The van der Waals surface area contributed by atoms with E-state index in [1.165, 1.54) is 19.0 Å². The molecule has 4 heterocycles. The maximum atomic E-state index is 12.4. The highest BCUT2D eigenvalue weighted by atomic mass is 35.5. The first-order chi connectivity index (χ1) is 9.67. The van der Waals surface area contributed by atoms with Crippen molar-refractivity contribution in [2.75, 3.05) is 32.0 Å². The molecule has 5 nitrogen and oxygen atoms in total. The van der Waals surface area contributed by atoms with Gasteiger partial charge < -0.3 is 15.5 Å². The summed E-state index contributed by atoms with van der Waals surface area (Å²) in [5.41, 5.74) is 0.488. The molecule has 0 aliphatic carbocycles. The normalized spacial score (nSPS) is 28.2. The molecule has 1 amide bonds. The topological polar surface area (TPSA) is 57.3 Å². The molecule has 2 bridgehead atoms. The van der Waals surface area contributed by atoms with Crippen molar-refractivity contribution < 1.29 is 4.79 Å². The molecule has 3 fully saturated rings. The van der Waals surface area contributed by atoms with E-state index in [0.717, 1.165) is 19.6 Å². The van der Waals surface area contributed by atoms with Crippen LogP contribution in [0.2, 0.25) is 5.02 Å². The van der Waals surface area contributed by atoms with Crippen LogP contribution in [0.3, 0.4) is 0 Å². The van der Waals surface area contributed by atoms with Crippen molar-refractivity contribution in [1.29, 1.82) is 0 Å². The Balaban J connectivity index is 1.73. The van der Waals surface area contributed by atoms with Gasteiger partial charge in [0.2, 0.25) is 0 Å². The van der Waals surface area contributed by atoms with Gasteiger partial charge in [-0.15, -0.1) is 0 Å². The number of halogens is 1. The summed E-state index contributed by atoms with van der Waals surface area (Å²) in [6.45, 7) is 3.28. The smallest absolute Gasteiger partial charge is 0.253 e. The van der Waals surface area contributed by atoms with Gasteiger partial charge in [-0.1, -0.05) is 11.6 Å². The van der Waals surface area contributed by atoms with Crippen LogP contribution in [0.15, 0.2) is 12.3 Å². The van der Waals surface area contributed by atoms with Crippen molar-refractivity contribution >= 4 is 23.3 Å². The molecule has 108 valence electrons. The average molecular weight is 295 g/mol. The van der Waals surface area contributed by atoms with E-state index in [1.807, 2.05) is 0 Å². The number of piperidine rings is 3. The first-order valence-electron chi connectivity index (χ1n) is 7.04. The van der Waals surface area contributed by atoms with Gasteiger partial charge in [0, 0.05) is 25.8 Å². The second-order valence-corrected chi connectivity index (χ2v) is 5.92. The number of carbonyl (C=O) groups is 1. The van der Waals surface area contributed by atoms with Gasteiger partial charge >= 0.3 is 0 Å². The van der Waals surface area contributed by atoms with Crippen LogP contribution in [-0.2, 0) is 0 Å². The van der Waals surface area contributed by atoms with Crippen LogP contribution in [0.1, 0.15) is 23.2 Å². The minimum atomic E-state index is -0.104. The lowest BCUT2D eigenvalue weighted by Gasteiger charge is -2.44. The van der Waals surface area contributed by atoms with Gasteiger partial charge in [-0.05, 0) is 37.9 Å². The minimum Gasteiger partial charge on any atom is -0.373 e. The number of rotatable bonds is 3. The van der Waals surface area contributed by atoms with E-state index in [2.05, 4.69) is 20.5 Å². The Morgan fingerprint density at radius 1 is 1.45 bits per heavy atom. The van der Waals surface area contributed by atoms with Crippen LogP contribution < -0.4 is 10.6 Å². The Morgan fingerprint density at radius 2 is 2.20 bits per heavy atom. The third kappa shape index (κ3) is 2.60. The zero-order chi connectivity index (χ0) is 14.1. The van der Waals surface area contributed by atoms with Crippen LogP contribution in [0.4, 0.5) is 5.82 Å². The lowest BCUT2D eigenvalue weighted by atomic mass is 9.84. The molecule has 6 heteroatoms. The van der Waals surface area contributed by atoms with Gasteiger partial charge in [0.1, 0.15) is 5.82 Å². The van der Waals surface area contributed by atoms with Crippen LogP contribution in [0.5, 0.6) is 0 Å². The van der Waals surface area contributed by atoms with Crippen molar-refractivity contribution in [1.82, 2.24) is 15.2 Å². The molecule has 4 rings (SSSR count). The van der Waals surface area contributed by atoms with E-state index >= 15 is 0 Å². The molecule has 0 aromatic carbocycles. The third-order valence-corrected chi connectivity index (χ3v) is 4.63. The van der Waals surface area contributed by atoms with E-state index in [9.17, 15) is 4.79 Å². The summed E-state index contributed by atoms with van der Waals surface area (Å²) in [7, 11) is 1.77. The number of anilines is 1. The van der Waals surface area contributed by atoms with Gasteiger partial charge in [0.15, 0.2) is 0 Å². The van der Waals surface area contributed by atoms with Gasteiger partial charge in [0.05, 0.1) is 10.6 Å². The molecule has 0 saturated carbocycles. The Bertz CT molecular complexity index is 514. The molecule has 3 aliphatic rings. The molecule has 1 unspecified atom stereocenters. The Kier molecular flexibility index (Phi) is 3.81. The number of aromatic nitrogens is 1. The summed E-state index contributed by atoms with van der Waals surface area (Å²) in [5, 5.41) is 6.45. The fourth-order valence-corrected chi connectivity index (χ4v) is 3.31. The summed E-state index contributed by atoms with van der Waals surface area (Å²) in [6.07, 6.45) is 3.87. The lowest BCUT2D eigenvalue weighted by molar-refractivity contribution is 0.0620. The monoisotopic (exact) mass is 294 g/mol. The highest BCUT2D eigenvalue weighted by Gasteiger charge is 2.35. The van der Waals surface area contributed by atoms with Gasteiger partial charge in [-0.2, -0.15) is 0 Å². The van der Waals surface area contributed by atoms with Crippen LogP contribution in [0, 0.1) is 5.92 Å². The van der Waals surface area contributed by atoms with E-state index in [4.69, 9.17) is 11.6 Å². The van der Waals surface area contributed by atoms with Crippen molar-refractivity contribution in [3.05, 3.63) is 22.8 Å². The minimum absolute atomic E-state index is 0.104. The maximum absolute atomic E-state index is 12.4. The number of carbonyl (C=O) groups excluding carboxylic acids is 1. The predicted molar refractivity (Wildman–Crippen MR) is 79.2 cm³/mol. The van der Waals surface area contributed by atoms with Crippen molar-refractivity contribution in [3.63, 3.8) is 0 Å². The van der Waals surface area contributed by atoms with Crippen LogP contribution in [-0.4, -0.2) is 48.5 Å². The van der Waals surface area contributed by atoms with E-state index in [0.29, 0.717) is 22.3 Å². The van der Waals surface area contributed by atoms with Crippen LogP contribution >= 0.6 is 11.6 Å². The summed E-state index contributed by atoms with van der Waals surface area (Å²) in [5.74, 6) is 1.15. The molecule has 0 radical (unpaired) electrons. The highest BCUT2D eigenvalue weighted by molar-refractivity contribution is 6.33. The highest BCUT2D eigenvalue weighted by Crippen LogP contribution is 2.28. The second kappa shape index (κ2) is 5.58. The summed E-state index contributed by atoms with van der Waals surface area (Å²) in [6, 6.07) is 1.94. The Labute approximate surface area is 123 Å². The number of nitrogens with one attached hydrogen (secondary N) is 2. The fourth-order valence-electron chi connectivity index (χ4n) is 3.12. The van der Waals surface area contributed by atoms with E-state index in [1.54, 1.807) is 13.1 Å².